The Bertz CT molecular complexity index is 1040. The third-order valence-electron chi connectivity index (χ3n) is 5.74. The number of carbonyl (C=O) groups is 1. The van der Waals surface area contributed by atoms with Crippen LogP contribution < -0.4 is 4.74 Å². The molecule has 0 saturated carbocycles. The third-order valence-corrected chi connectivity index (χ3v) is 5.74. The Labute approximate surface area is 178 Å². The zero-order chi connectivity index (χ0) is 20.9. The van der Waals surface area contributed by atoms with Gasteiger partial charge in [0.1, 0.15) is 11.6 Å². The molecule has 1 saturated heterocycles. The highest BCUT2D eigenvalue weighted by molar-refractivity contribution is 5.81. The predicted octanol–water partition coefficient (Wildman–Crippen LogP) is 4.71. The molecular weight excluding hydrogens is 374 g/mol. The van der Waals surface area contributed by atoms with Gasteiger partial charge in [-0.05, 0) is 43.5 Å². The maximum absolute atomic E-state index is 12.4. The summed E-state index contributed by atoms with van der Waals surface area (Å²) in [6.45, 7) is 8.72. The number of fused-ring (bicyclic) bond motifs is 1. The van der Waals surface area contributed by atoms with Crippen LogP contribution in [0.2, 0.25) is 0 Å². The van der Waals surface area contributed by atoms with Crippen LogP contribution in [0.1, 0.15) is 36.6 Å². The number of hydrogen-bond acceptors (Lipinski definition) is 3. The number of unbranched alkanes of at least 4 members (excludes halogenated alkanes) is 1. The first-order valence-corrected chi connectivity index (χ1v) is 10.7. The van der Waals surface area contributed by atoms with E-state index in [1.807, 2.05) is 29.2 Å². The van der Waals surface area contributed by atoms with Crippen LogP contribution in [-0.2, 0) is 11.3 Å². The van der Waals surface area contributed by atoms with Crippen molar-refractivity contribution in [2.45, 2.75) is 38.6 Å². The van der Waals surface area contributed by atoms with E-state index < -0.39 is 0 Å². The second-order valence-electron chi connectivity index (χ2n) is 7.92. The molecule has 0 N–H and O–H groups in total. The van der Waals surface area contributed by atoms with Gasteiger partial charge in [-0.2, -0.15) is 0 Å². The molecular formula is C25H29N3O2. The Balaban J connectivity index is 1.44. The van der Waals surface area contributed by atoms with Crippen LogP contribution in [0.4, 0.5) is 0 Å². The van der Waals surface area contributed by atoms with Crippen LogP contribution in [0.5, 0.6) is 5.75 Å². The van der Waals surface area contributed by atoms with Crippen LogP contribution in [0.25, 0.3) is 11.0 Å². The van der Waals surface area contributed by atoms with Crippen molar-refractivity contribution in [1.82, 2.24) is 14.5 Å². The van der Waals surface area contributed by atoms with Gasteiger partial charge in [-0.25, -0.2) is 4.98 Å². The van der Waals surface area contributed by atoms with Gasteiger partial charge in [0.05, 0.1) is 17.6 Å². The smallest absolute Gasteiger partial charge is 0.223 e. The topological polar surface area (TPSA) is 47.4 Å². The van der Waals surface area contributed by atoms with Crippen molar-refractivity contribution in [2.75, 3.05) is 19.7 Å². The van der Waals surface area contributed by atoms with E-state index in [0.29, 0.717) is 26.1 Å². The Hall–Kier alpha value is -3.08. The van der Waals surface area contributed by atoms with Crippen molar-refractivity contribution in [3.63, 3.8) is 0 Å². The van der Waals surface area contributed by atoms with Gasteiger partial charge in [-0.3, -0.25) is 4.79 Å². The lowest BCUT2D eigenvalue weighted by Gasteiger charge is -2.16. The molecule has 0 radical (unpaired) electrons. The number of hydrogen-bond donors (Lipinski definition) is 0. The van der Waals surface area contributed by atoms with Crippen molar-refractivity contribution in [3.05, 3.63) is 72.6 Å². The fourth-order valence-electron chi connectivity index (χ4n) is 4.19. The molecule has 156 valence electrons. The number of aromatic nitrogens is 2. The summed E-state index contributed by atoms with van der Waals surface area (Å²) in [5, 5.41) is 0. The van der Waals surface area contributed by atoms with Crippen LogP contribution in [0.3, 0.4) is 0 Å². The van der Waals surface area contributed by atoms with E-state index in [-0.39, 0.29) is 11.8 Å². The lowest BCUT2D eigenvalue weighted by molar-refractivity contribution is -0.127. The van der Waals surface area contributed by atoms with Gasteiger partial charge < -0.3 is 14.2 Å². The fraction of sp³-hybridized carbons (Fsp3) is 0.360. The minimum atomic E-state index is 0.132. The molecule has 1 aromatic heterocycles. The lowest BCUT2D eigenvalue weighted by atomic mass is 10.1. The maximum Gasteiger partial charge on any atom is 0.223 e. The standard InChI is InChI=1S/C25H29N3O2/c1-3-14-27-18-20(17-24(27)29)25-26-21-11-5-6-12-22(21)28(25)15-8-9-16-30-23-13-7-4-10-19(23)2/h3-7,10-13,20H,1,8-9,14-18H2,2H3. The Kier molecular flexibility index (Phi) is 6.17. The van der Waals surface area contributed by atoms with Crippen molar-refractivity contribution < 1.29 is 9.53 Å². The van der Waals surface area contributed by atoms with Gasteiger partial charge in [-0.1, -0.05) is 36.4 Å². The number of para-hydroxylation sites is 3. The lowest BCUT2D eigenvalue weighted by Crippen LogP contribution is -2.25. The number of likely N-dealkylation sites (tertiary alicyclic amines) is 1. The summed E-state index contributed by atoms with van der Waals surface area (Å²) in [6.07, 6.45) is 4.27. The highest BCUT2D eigenvalue weighted by Crippen LogP contribution is 2.30. The number of carbonyl (C=O) groups excluding carboxylic acids is 1. The van der Waals surface area contributed by atoms with E-state index >= 15 is 0 Å². The second kappa shape index (κ2) is 9.16. The Morgan fingerprint density at radius 3 is 2.80 bits per heavy atom. The van der Waals surface area contributed by atoms with E-state index in [2.05, 4.69) is 42.3 Å². The van der Waals surface area contributed by atoms with Crippen molar-refractivity contribution >= 4 is 16.9 Å². The summed E-state index contributed by atoms with van der Waals surface area (Å²) >= 11 is 0. The molecule has 1 atom stereocenters. The Morgan fingerprint density at radius 1 is 1.17 bits per heavy atom. The fourth-order valence-corrected chi connectivity index (χ4v) is 4.19. The van der Waals surface area contributed by atoms with E-state index in [4.69, 9.17) is 9.72 Å². The van der Waals surface area contributed by atoms with Crippen LogP contribution in [0, 0.1) is 6.92 Å². The van der Waals surface area contributed by atoms with E-state index in [1.54, 1.807) is 6.08 Å². The maximum atomic E-state index is 12.4. The summed E-state index contributed by atoms with van der Waals surface area (Å²) < 4.78 is 8.25. The summed E-state index contributed by atoms with van der Waals surface area (Å²) in [7, 11) is 0. The largest absolute Gasteiger partial charge is 0.493 e. The van der Waals surface area contributed by atoms with Crippen molar-refractivity contribution in [3.8, 4) is 5.75 Å². The zero-order valence-electron chi connectivity index (χ0n) is 17.6. The molecule has 5 nitrogen and oxygen atoms in total. The zero-order valence-corrected chi connectivity index (χ0v) is 17.6. The number of benzene rings is 2. The average Bonchev–Trinajstić information content (AvgIpc) is 3.30. The summed E-state index contributed by atoms with van der Waals surface area (Å²) in [5.74, 6) is 2.30. The normalized spacial score (nSPS) is 16.4. The molecule has 5 heteroatoms. The van der Waals surface area contributed by atoms with E-state index in [0.717, 1.165) is 47.6 Å². The Morgan fingerprint density at radius 2 is 1.97 bits per heavy atom. The monoisotopic (exact) mass is 403 g/mol. The molecule has 1 aliphatic heterocycles. The van der Waals surface area contributed by atoms with Crippen molar-refractivity contribution in [2.24, 2.45) is 0 Å². The van der Waals surface area contributed by atoms with Gasteiger partial charge in [-0.15, -0.1) is 6.58 Å². The third kappa shape index (κ3) is 4.25. The quantitative estimate of drug-likeness (QED) is 0.384. The summed E-state index contributed by atoms with van der Waals surface area (Å²) in [6, 6.07) is 16.4. The number of nitrogens with zero attached hydrogens (tertiary/aromatic N) is 3. The molecule has 0 aliphatic carbocycles. The van der Waals surface area contributed by atoms with Gasteiger partial charge in [0.15, 0.2) is 0 Å². The molecule has 1 aliphatic rings. The minimum absolute atomic E-state index is 0.132. The average molecular weight is 404 g/mol. The van der Waals surface area contributed by atoms with Gasteiger partial charge in [0.25, 0.3) is 0 Å². The molecule has 1 amide bonds. The van der Waals surface area contributed by atoms with Crippen molar-refractivity contribution in [1.29, 1.82) is 0 Å². The first-order chi connectivity index (χ1) is 14.7. The summed E-state index contributed by atoms with van der Waals surface area (Å²) in [5.41, 5.74) is 3.30. The number of rotatable bonds is 9. The van der Waals surface area contributed by atoms with E-state index in [1.165, 1.54) is 0 Å². The van der Waals surface area contributed by atoms with Crippen LogP contribution >= 0.6 is 0 Å². The number of amides is 1. The molecule has 4 rings (SSSR count). The van der Waals surface area contributed by atoms with E-state index in [9.17, 15) is 4.79 Å². The number of aryl methyl sites for hydroxylation is 2. The van der Waals surface area contributed by atoms with Gasteiger partial charge >= 0.3 is 0 Å². The van der Waals surface area contributed by atoms with Gasteiger partial charge in [0, 0.05) is 32.0 Å². The van der Waals surface area contributed by atoms with Gasteiger partial charge in [0.2, 0.25) is 5.91 Å². The number of imidazole rings is 1. The molecule has 1 unspecified atom stereocenters. The molecule has 2 heterocycles. The molecule has 3 aromatic rings. The van der Waals surface area contributed by atoms with Crippen LogP contribution in [-0.4, -0.2) is 40.1 Å². The first kappa shape index (κ1) is 20.2. The molecule has 1 fully saturated rings. The molecule has 30 heavy (non-hydrogen) atoms. The number of ether oxygens (including phenoxy) is 1. The minimum Gasteiger partial charge on any atom is -0.493 e. The molecule has 2 aromatic carbocycles. The molecule has 0 bridgehead atoms. The second-order valence-corrected chi connectivity index (χ2v) is 7.92. The molecule has 0 spiro atoms. The predicted molar refractivity (Wildman–Crippen MR) is 120 cm³/mol. The SMILES string of the molecule is C=CCN1CC(c2nc3ccccc3n2CCCCOc2ccccc2C)CC1=O. The van der Waals surface area contributed by atoms with Crippen LogP contribution in [0.15, 0.2) is 61.2 Å². The highest BCUT2D eigenvalue weighted by atomic mass is 16.5. The first-order valence-electron chi connectivity index (χ1n) is 10.7. The highest BCUT2D eigenvalue weighted by Gasteiger charge is 2.33. The summed E-state index contributed by atoms with van der Waals surface area (Å²) in [4.78, 5) is 19.1.